The normalized spacial score (nSPS) is 24.9. The van der Waals surface area contributed by atoms with Crippen molar-refractivity contribution in [2.45, 2.75) is 31.3 Å². The maximum atomic E-state index is 13.3. The Morgan fingerprint density at radius 3 is 2.85 bits per heavy atom. The maximum Gasteiger partial charge on any atom is 0.123 e. The Labute approximate surface area is 121 Å². The number of halogens is 1. The average molecular weight is 279 g/mol. The Morgan fingerprint density at radius 2 is 2.15 bits per heavy atom. The van der Waals surface area contributed by atoms with E-state index in [2.05, 4.69) is 23.9 Å². The number of benzene rings is 1. The summed E-state index contributed by atoms with van der Waals surface area (Å²) in [6.45, 7) is 3.62. The predicted molar refractivity (Wildman–Crippen MR) is 81.0 cm³/mol. The molecule has 1 atom stereocenters. The van der Waals surface area contributed by atoms with Crippen molar-refractivity contribution < 1.29 is 4.39 Å². The quantitative estimate of drug-likeness (QED) is 0.916. The van der Waals surface area contributed by atoms with Gasteiger partial charge in [-0.1, -0.05) is 12.1 Å². The Morgan fingerprint density at radius 1 is 1.35 bits per heavy atom. The molecular weight excluding hydrogens is 253 g/mol. The minimum absolute atomic E-state index is 0.0388. The smallest absolute Gasteiger partial charge is 0.123 e. The first-order valence-corrected chi connectivity index (χ1v) is 7.40. The van der Waals surface area contributed by atoms with Gasteiger partial charge in [0.1, 0.15) is 5.82 Å². The number of hydrogen-bond donors (Lipinski definition) is 1. The molecule has 2 N–H and O–H groups in total. The van der Waals surface area contributed by atoms with E-state index >= 15 is 0 Å². The summed E-state index contributed by atoms with van der Waals surface area (Å²) in [7, 11) is 4.28. The van der Waals surface area contributed by atoms with E-state index in [0.29, 0.717) is 6.54 Å². The van der Waals surface area contributed by atoms with Crippen LogP contribution in [0.5, 0.6) is 0 Å². The summed E-state index contributed by atoms with van der Waals surface area (Å²) in [4.78, 5) is 4.69. The molecule has 1 saturated heterocycles. The van der Waals surface area contributed by atoms with Crippen LogP contribution in [-0.2, 0) is 6.54 Å². The van der Waals surface area contributed by atoms with E-state index in [1.165, 1.54) is 12.5 Å². The largest absolute Gasteiger partial charge is 0.329 e. The van der Waals surface area contributed by atoms with Crippen LogP contribution < -0.4 is 5.73 Å². The van der Waals surface area contributed by atoms with Crippen molar-refractivity contribution in [3.63, 3.8) is 0 Å². The van der Waals surface area contributed by atoms with Gasteiger partial charge in [-0.3, -0.25) is 4.90 Å². The summed E-state index contributed by atoms with van der Waals surface area (Å²) in [5.41, 5.74) is 7.15. The number of hydrogen-bond acceptors (Lipinski definition) is 3. The molecule has 0 bridgehead atoms. The first-order chi connectivity index (χ1) is 9.55. The lowest BCUT2D eigenvalue weighted by Crippen LogP contribution is -2.52. The lowest BCUT2D eigenvalue weighted by molar-refractivity contribution is 0.100. The fraction of sp³-hybridized carbons (Fsp3) is 0.625. The SMILES string of the molecule is CN1CCCC(CN)(N(C)Cc2cccc(F)c2)CC1. The first kappa shape index (κ1) is 15.4. The molecule has 1 unspecified atom stereocenters. The Hall–Kier alpha value is -0.970. The molecule has 112 valence electrons. The Bertz CT molecular complexity index is 437. The summed E-state index contributed by atoms with van der Waals surface area (Å²) in [6, 6.07) is 6.85. The molecule has 1 aromatic carbocycles. The first-order valence-electron chi connectivity index (χ1n) is 7.40. The highest BCUT2D eigenvalue weighted by molar-refractivity contribution is 5.16. The molecule has 1 fully saturated rings. The van der Waals surface area contributed by atoms with Crippen LogP contribution in [0.15, 0.2) is 24.3 Å². The maximum absolute atomic E-state index is 13.3. The van der Waals surface area contributed by atoms with Crippen LogP contribution in [0.25, 0.3) is 0 Å². The molecule has 3 nitrogen and oxygen atoms in total. The third-order valence-electron chi connectivity index (χ3n) is 4.64. The molecule has 20 heavy (non-hydrogen) atoms. The third-order valence-corrected chi connectivity index (χ3v) is 4.64. The molecule has 0 spiro atoms. The number of rotatable bonds is 4. The van der Waals surface area contributed by atoms with Gasteiger partial charge >= 0.3 is 0 Å². The van der Waals surface area contributed by atoms with Gasteiger partial charge in [-0.05, 0) is 64.1 Å². The number of nitrogens with two attached hydrogens (primary N) is 1. The summed E-state index contributed by atoms with van der Waals surface area (Å²) in [5.74, 6) is -0.168. The zero-order chi connectivity index (χ0) is 14.6. The number of likely N-dealkylation sites (tertiary alicyclic amines) is 1. The molecule has 1 aliphatic heterocycles. The van der Waals surface area contributed by atoms with Crippen LogP contribution in [0.1, 0.15) is 24.8 Å². The molecule has 1 heterocycles. The van der Waals surface area contributed by atoms with E-state index in [1.54, 1.807) is 12.1 Å². The van der Waals surface area contributed by atoms with Crippen molar-refractivity contribution in [3.05, 3.63) is 35.6 Å². The molecule has 0 radical (unpaired) electrons. The van der Waals surface area contributed by atoms with E-state index in [1.807, 2.05) is 6.07 Å². The van der Waals surface area contributed by atoms with E-state index in [0.717, 1.165) is 38.0 Å². The Kier molecular flexibility index (Phi) is 5.13. The summed E-state index contributed by atoms with van der Waals surface area (Å²) >= 11 is 0. The third kappa shape index (κ3) is 3.57. The van der Waals surface area contributed by atoms with Crippen molar-refractivity contribution in [2.75, 3.05) is 33.7 Å². The zero-order valence-electron chi connectivity index (χ0n) is 12.6. The zero-order valence-corrected chi connectivity index (χ0v) is 12.6. The molecule has 0 saturated carbocycles. The fourth-order valence-corrected chi connectivity index (χ4v) is 3.13. The fourth-order valence-electron chi connectivity index (χ4n) is 3.13. The van der Waals surface area contributed by atoms with Crippen molar-refractivity contribution in [1.29, 1.82) is 0 Å². The molecule has 2 rings (SSSR count). The van der Waals surface area contributed by atoms with Gasteiger partial charge in [0.2, 0.25) is 0 Å². The van der Waals surface area contributed by atoms with Gasteiger partial charge in [-0.2, -0.15) is 0 Å². The number of nitrogens with zero attached hydrogens (tertiary/aromatic N) is 2. The molecule has 1 aliphatic rings. The second kappa shape index (κ2) is 6.66. The summed E-state index contributed by atoms with van der Waals surface area (Å²) in [6.07, 6.45) is 3.35. The van der Waals surface area contributed by atoms with Crippen molar-refractivity contribution in [2.24, 2.45) is 5.73 Å². The number of likely N-dealkylation sites (N-methyl/N-ethyl adjacent to an activating group) is 1. The lowest BCUT2D eigenvalue weighted by atomic mass is 9.88. The van der Waals surface area contributed by atoms with E-state index < -0.39 is 0 Å². The topological polar surface area (TPSA) is 32.5 Å². The summed E-state index contributed by atoms with van der Waals surface area (Å²) < 4.78 is 13.3. The van der Waals surface area contributed by atoms with Gasteiger partial charge in [0, 0.05) is 18.6 Å². The predicted octanol–water partition coefficient (Wildman–Crippen LogP) is 2.07. The standard InChI is InChI=1S/C16H26FN3/c1-19-9-4-7-16(13-18,8-10-19)20(2)12-14-5-3-6-15(17)11-14/h3,5-6,11H,4,7-10,12-13,18H2,1-2H3. The van der Waals surface area contributed by atoms with E-state index in [-0.39, 0.29) is 11.4 Å². The van der Waals surface area contributed by atoms with E-state index in [4.69, 9.17) is 5.73 Å². The molecular formula is C16H26FN3. The second-order valence-electron chi connectivity index (χ2n) is 6.07. The highest BCUT2D eigenvalue weighted by Gasteiger charge is 2.34. The highest BCUT2D eigenvalue weighted by Crippen LogP contribution is 2.28. The average Bonchev–Trinajstić information content (AvgIpc) is 2.61. The minimum Gasteiger partial charge on any atom is -0.329 e. The van der Waals surface area contributed by atoms with Gasteiger partial charge in [-0.25, -0.2) is 4.39 Å². The lowest BCUT2D eigenvalue weighted by Gasteiger charge is -2.41. The summed E-state index contributed by atoms with van der Waals surface area (Å²) in [5, 5.41) is 0. The van der Waals surface area contributed by atoms with Crippen LogP contribution in [0.3, 0.4) is 0 Å². The molecule has 4 heteroatoms. The van der Waals surface area contributed by atoms with Crippen LogP contribution >= 0.6 is 0 Å². The van der Waals surface area contributed by atoms with Crippen LogP contribution in [0, 0.1) is 5.82 Å². The molecule has 1 aromatic rings. The van der Waals surface area contributed by atoms with Gasteiger partial charge in [-0.15, -0.1) is 0 Å². The van der Waals surface area contributed by atoms with Gasteiger partial charge in [0.25, 0.3) is 0 Å². The van der Waals surface area contributed by atoms with Crippen molar-refractivity contribution >= 4 is 0 Å². The van der Waals surface area contributed by atoms with Gasteiger partial charge in [0.15, 0.2) is 0 Å². The van der Waals surface area contributed by atoms with Gasteiger partial charge in [0.05, 0.1) is 0 Å². The van der Waals surface area contributed by atoms with E-state index in [9.17, 15) is 4.39 Å². The van der Waals surface area contributed by atoms with Crippen molar-refractivity contribution in [1.82, 2.24) is 9.80 Å². The van der Waals surface area contributed by atoms with Crippen molar-refractivity contribution in [3.8, 4) is 0 Å². The monoisotopic (exact) mass is 279 g/mol. The van der Waals surface area contributed by atoms with Gasteiger partial charge < -0.3 is 10.6 Å². The Balaban J connectivity index is 2.09. The minimum atomic E-state index is -0.168. The highest BCUT2D eigenvalue weighted by atomic mass is 19.1. The molecule has 0 aromatic heterocycles. The van der Waals surface area contributed by atoms with Crippen LogP contribution in [0.2, 0.25) is 0 Å². The second-order valence-corrected chi connectivity index (χ2v) is 6.07. The van der Waals surface area contributed by atoms with Crippen LogP contribution in [0.4, 0.5) is 4.39 Å². The molecule has 0 amide bonds. The van der Waals surface area contributed by atoms with Crippen LogP contribution in [-0.4, -0.2) is 49.1 Å². The molecule has 0 aliphatic carbocycles.